The van der Waals surface area contributed by atoms with E-state index in [9.17, 15) is 18.0 Å². The third-order valence-corrected chi connectivity index (χ3v) is 3.97. The first-order valence-corrected chi connectivity index (χ1v) is 6.41. The van der Waals surface area contributed by atoms with Crippen molar-refractivity contribution in [3.63, 3.8) is 0 Å². The molecule has 3 nitrogen and oxygen atoms in total. The fourth-order valence-corrected chi connectivity index (χ4v) is 2.75. The third-order valence-electron chi connectivity index (χ3n) is 3.97. The Morgan fingerprint density at radius 3 is 2.39 bits per heavy atom. The molecule has 2 rings (SSSR count). The fraction of sp³-hybridized carbons (Fsp3) is 0.917. The molecule has 0 bridgehead atoms. The molecule has 1 amide bonds. The Morgan fingerprint density at radius 1 is 1.17 bits per heavy atom. The number of hydrogen-bond donors (Lipinski definition) is 2. The van der Waals surface area contributed by atoms with Gasteiger partial charge in [0.2, 0.25) is 5.91 Å². The second kappa shape index (κ2) is 5.07. The van der Waals surface area contributed by atoms with Crippen molar-refractivity contribution in [2.24, 2.45) is 11.8 Å². The maximum Gasteiger partial charge on any atom is 0.391 e. The van der Waals surface area contributed by atoms with E-state index < -0.39 is 18.0 Å². The van der Waals surface area contributed by atoms with Crippen molar-refractivity contribution in [2.75, 3.05) is 0 Å². The van der Waals surface area contributed by atoms with Crippen LogP contribution in [0.2, 0.25) is 0 Å². The van der Waals surface area contributed by atoms with Gasteiger partial charge in [0.1, 0.15) is 0 Å². The second-order valence-corrected chi connectivity index (χ2v) is 5.43. The second-order valence-electron chi connectivity index (χ2n) is 5.43. The average Bonchev–Trinajstić information content (AvgIpc) is 2.26. The Morgan fingerprint density at radius 2 is 1.83 bits per heavy atom. The minimum atomic E-state index is -4.19. The number of halogens is 3. The Balaban J connectivity index is 1.83. The van der Waals surface area contributed by atoms with Crippen molar-refractivity contribution in [3.8, 4) is 0 Å². The highest BCUT2D eigenvalue weighted by Crippen LogP contribution is 2.40. The van der Waals surface area contributed by atoms with Crippen molar-refractivity contribution in [1.82, 2.24) is 5.32 Å². The van der Waals surface area contributed by atoms with E-state index >= 15 is 0 Å². The number of aliphatic hydroxyl groups is 1. The summed E-state index contributed by atoms with van der Waals surface area (Å²) in [6.45, 7) is 0. The van der Waals surface area contributed by atoms with E-state index in [1.165, 1.54) is 0 Å². The molecule has 0 radical (unpaired) electrons. The van der Waals surface area contributed by atoms with E-state index in [-0.39, 0.29) is 30.9 Å². The monoisotopic (exact) mass is 265 g/mol. The largest absolute Gasteiger partial charge is 0.393 e. The van der Waals surface area contributed by atoms with Crippen LogP contribution in [0.15, 0.2) is 0 Å². The van der Waals surface area contributed by atoms with Crippen LogP contribution in [0.4, 0.5) is 13.2 Å². The van der Waals surface area contributed by atoms with Gasteiger partial charge in [-0.25, -0.2) is 0 Å². The van der Waals surface area contributed by atoms with Crippen molar-refractivity contribution in [3.05, 3.63) is 0 Å². The third kappa shape index (κ3) is 3.16. The van der Waals surface area contributed by atoms with Crippen LogP contribution in [0.25, 0.3) is 0 Å². The molecule has 2 unspecified atom stereocenters. The smallest absolute Gasteiger partial charge is 0.391 e. The summed E-state index contributed by atoms with van der Waals surface area (Å²) in [5, 5.41) is 11.8. The number of nitrogens with one attached hydrogen (secondary N) is 1. The molecule has 0 aromatic rings. The molecule has 0 spiro atoms. The zero-order chi connectivity index (χ0) is 13.3. The summed E-state index contributed by atoms with van der Waals surface area (Å²) >= 11 is 0. The number of carbonyl (C=O) groups is 1. The summed E-state index contributed by atoms with van der Waals surface area (Å²) in [6.07, 6.45) is -2.50. The lowest BCUT2D eigenvalue weighted by atomic mass is 9.80. The van der Waals surface area contributed by atoms with E-state index in [2.05, 4.69) is 5.32 Å². The van der Waals surface area contributed by atoms with Gasteiger partial charge in [-0.2, -0.15) is 13.2 Å². The average molecular weight is 265 g/mol. The van der Waals surface area contributed by atoms with Gasteiger partial charge in [-0.05, 0) is 32.1 Å². The summed E-state index contributed by atoms with van der Waals surface area (Å²) in [5.74, 6) is -2.14. The highest BCUT2D eigenvalue weighted by Gasteiger charge is 2.44. The molecular weight excluding hydrogens is 247 g/mol. The maximum absolute atomic E-state index is 12.6. The molecule has 2 fully saturated rings. The Kier molecular flexibility index (Phi) is 3.84. The fourth-order valence-electron chi connectivity index (χ4n) is 2.75. The Labute approximate surface area is 104 Å². The SMILES string of the molecule is O=C(NC1CC(O)C1)C1CCCC(C(F)(F)F)C1. The van der Waals surface area contributed by atoms with Crippen LogP contribution in [-0.4, -0.2) is 29.3 Å². The number of hydrogen-bond acceptors (Lipinski definition) is 2. The van der Waals surface area contributed by atoms with Gasteiger partial charge < -0.3 is 10.4 Å². The summed E-state index contributed by atoms with van der Waals surface area (Å²) < 4.78 is 37.8. The molecule has 2 saturated carbocycles. The summed E-state index contributed by atoms with van der Waals surface area (Å²) in [7, 11) is 0. The highest BCUT2D eigenvalue weighted by molar-refractivity contribution is 5.79. The summed E-state index contributed by atoms with van der Waals surface area (Å²) in [6, 6.07) is -0.0567. The normalized spacial score (nSPS) is 36.9. The van der Waals surface area contributed by atoms with Crippen LogP contribution in [0, 0.1) is 11.8 Å². The van der Waals surface area contributed by atoms with E-state index in [1.54, 1.807) is 0 Å². The van der Waals surface area contributed by atoms with Crippen molar-refractivity contribution in [2.45, 2.75) is 56.8 Å². The first-order chi connectivity index (χ1) is 8.36. The Bertz CT molecular complexity index is 313. The first-order valence-electron chi connectivity index (χ1n) is 6.41. The lowest BCUT2D eigenvalue weighted by molar-refractivity contribution is -0.186. The Hall–Kier alpha value is -0.780. The lowest BCUT2D eigenvalue weighted by Crippen LogP contribution is -2.49. The molecule has 104 valence electrons. The van der Waals surface area contributed by atoms with Gasteiger partial charge in [0.25, 0.3) is 0 Å². The molecule has 0 aliphatic heterocycles. The van der Waals surface area contributed by atoms with Crippen LogP contribution in [-0.2, 0) is 4.79 Å². The molecule has 2 aliphatic rings. The maximum atomic E-state index is 12.6. The van der Waals surface area contributed by atoms with Crippen molar-refractivity contribution < 1.29 is 23.1 Å². The molecular formula is C12H18F3NO2. The van der Waals surface area contributed by atoms with E-state index in [0.717, 1.165) is 0 Å². The predicted octanol–water partition coefficient (Wildman–Crippen LogP) is 1.99. The lowest BCUT2D eigenvalue weighted by Gasteiger charge is -2.35. The van der Waals surface area contributed by atoms with Crippen LogP contribution < -0.4 is 5.32 Å². The summed E-state index contributed by atoms with van der Waals surface area (Å²) in [5.41, 5.74) is 0. The zero-order valence-electron chi connectivity index (χ0n) is 10.0. The van der Waals surface area contributed by atoms with Gasteiger partial charge in [-0.1, -0.05) is 6.42 Å². The summed E-state index contributed by atoms with van der Waals surface area (Å²) in [4.78, 5) is 11.8. The highest BCUT2D eigenvalue weighted by atomic mass is 19.4. The zero-order valence-corrected chi connectivity index (χ0v) is 10.0. The van der Waals surface area contributed by atoms with Crippen LogP contribution in [0.5, 0.6) is 0 Å². The van der Waals surface area contributed by atoms with Gasteiger partial charge in [-0.3, -0.25) is 4.79 Å². The number of alkyl halides is 3. The van der Waals surface area contributed by atoms with Crippen LogP contribution in [0.3, 0.4) is 0 Å². The number of carbonyl (C=O) groups excluding carboxylic acids is 1. The minimum Gasteiger partial charge on any atom is -0.393 e. The minimum absolute atomic E-state index is 0.0567. The number of rotatable bonds is 2. The molecule has 2 atom stereocenters. The van der Waals surface area contributed by atoms with Crippen molar-refractivity contribution >= 4 is 5.91 Å². The van der Waals surface area contributed by atoms with E-state index in [4.69, 9.17) is 5.11 Å². The quantitative estimate of drug-likeness (QED) is 0.802. The molecule has 18 heavy (non-hydrogen) atoms. The molecule has 0 aromatic carbocycles. The van der Waals surface area contributed by atoms with Gasteiger partial charge in [0, 0.05) is 12.0 Å². The molecule has 6 heteroatoms. The van der Waals surface area contributed by atoms with Gasteiger partial charge in [0.05, 0.1) is 12.0 Å². The topological polar surface area (TPSA) is 49.3 Å². The van der Waals surface area contributed by atoms with Crippen LogP contribution in [0.1, 0.15) is 38.5 Å². The first kappa shape index (κ1) is 13.6. The molecule has 0 heterocycles. The van der Waals surface area contributed by atoms with Gasteiger partial charge in [0.15, 0.2) is 0 Å². The van der Waals surface area contributed by atoms with E-state index in [0.29, 0.717) is 25.7 Å². The van der Waals surface area contributed by atoms with Crippen molar-refractivity contribution in [1.29, 1.82) is 0 Å². The van der Waals surface area contributed by atoms with Gasteiger partial charge in [-0.15, -0.1) is 0 Å². The predicted molar refractivity (Wildman–Crippen MR) is 58.7 cm³/mol. The number of amides is 1. The van der Waals surface area contributed by atoms with Crippen LogP contribution >= 0.6 is 0 Å². The van der Waals surface area contributed by atoms with E-state index in [1.807, 2.05) is 0 Å². The van der Waals surface area contributed by atoms with Gasteiger partial charge >= 0.3 is 6.18 Å². The molecule has 0 saturated heterocycles. The number of aliphatic hydroxyl groups excluding tert-OH is 1. The molecule has 0 aromatic heterocycles. The standard InChI is InChI=1S/C12H18F3NO2/c13-12(14,15)8-3-1-2-7(4-8)11(18)16-9-5-10(17)6-9/h7-10,17H,1-6H2,(H,16,18). The molecule has 2 N–H and O–H groups in total. The molecule has 2 aliphatic carbocycles.